The summed E-state index contributed by atoms with van der Waals surface area (Å²) in [5, 5.41) is 11.6. The summed E-state index contributed by atoms with van der Waals surface area (Å²) in [4.78, 5) is 24.7. The van der Waals surface area contributed by atoms with Gasteiger partial charge in [-0.05, 0) is 24.1 Å². The van der Waals surface area contributed by atoms with Crippen molar-refractivity contribution in [1.82, 2.24) is 4.90 Å². The third-order valence-electron chi connectivity index (χ3n) is 2.80. The van der Waals surface area contributed by atoms with Crippen molar-refractivity contribution in [2.24, 2.45) is 0 Å². The first-order chi connectivity index (χ1) is 9.19. The summed E-state index contributed by atoms with van der Waals surface area (Å²) in [6, 6.07) is 7.32. The van der Waals surface area contributed by atoms with Gasteiger partial charge in [-0.15, -0.1) is 11.8 Å². The molecule has 1 aliphatic rings. The van der Waals surface area contributed by atoms with E-state index in [1.807, 2.05) is 12.1 Å². The number of aliphatic hydroxyl groups excluding tert-OH is 1. The molecule has 102 valence electrons. The Bertz CT molecular complexity index is 461. The number of hydrogen-bond acceptors (Lipinski definition) is 4. The van der Waals surface area contributed by atoms with Crippen molar-refractivity contribution in [2.45, 2.75) is 6.42 Å². The van der Waals surface area contributed by atoms with Gasteiger partial charge in [-0.25, -0.2) is 0 Å². The molecule has 1 fully saturated rings. The van der Waals surface area contributed by atoms with Crippen molar-refractivity contribution < 1.29 is 14.7 Å². The van der Waals surface area contributed by atoms with Crippen molar-refractivity contribution in [1.29, 1.82) is 0 Å². The van der Waals surface area contributed by atoms with Gasteiger partial charge in [0.25, 0.3) is 0 Å². The molecule has 0 radical (unpaired) electrons. The number of nitrogens with zero attached hydrogens (tertiary/aromatic N) is 1. The molecule has 0 saturated carbocycles. The van der Waals surface area contributed by atoms with Crippen molar-refractivity contribution in [3.8, 4) is 0 Å². The maximum atomic E-state index is 11.8. The van der Waals surface area contributed by atoms with E-state index in [4.69, 9.17) is 5.11 Å². The minimum absolute atomic E-state index is 0.0124. The molecule has 19 heavy (non-hydrogen) atoms. The first kappa shape index (κ1) is 13.9. The summed E-state index contributed by atoms with van der Waals surface area (Å²) in [5.74, 6) is 0.870. The summed E-state index contributed by atoms with van der Waals surface area (Å²) < 4.78 is 0. The largest absolute Gasteiger partial charge is 0.396 e. The van der Waals surface area contributed by atoms with Crippen molar-refractivity contribution >= 4 is 29.3 Å². The molecule has 0 aromatic heterocycles. The Hall–Kier alpha value is -1.53. The van der Waals surface area contributed by atoms with Gasteiger partial charge in [0.1, 0.15) is 6.54 Å². The maximum Gasteiger partial charge on any atom is 0.244 e. The molecule has 6 heteroatoms. The standard InChI is InChI=1S/C13H16N2O3S/c16-6-5-10-1-3-11(4-2-10)14-12(17)7-15-9-19-8-13(15)18/h1-4,16H,5-9H2,(H,14,17). The van der Waals surface area contributed by atoms with E-state index in [-0.39, 0.29) is 25.0 Å². The molecule has 0 spiro atoms. The molecule has 2 N–H and O–H groups in total. The maximum absolute atomic E-state index is 11.8. The van der Waals surface area contributed by atoms with Crippen LogP contribution >= 0.6 is 11.8 Å². The van der Waals surface area contributed by atoms with E-state index in [2.05, 4.69) is 5.32 Å². The van der Waals surface area contributed by atoms with Crippen LogP contribution < -0.4 is 5.32 Å². The summed E-state index contributed by atoms with van der Waals surface area (Å²) in [6.45, 7) is 0.213. The fraction of sp³-hybridized carbons (Fsp3) is 0.385. The molecule has 0 bridgehead atoms. The van der Waals surface area contributed by atoms with Crippen molar-refractivity contribution in [2.75, 3.05) is 30.1 Å². The number of amides is 2. The van der Waals surface area contributed by atoms with E-state index in [0.29, 0.717) is 23.7 Å². The molecule has 1 heterocycles. The van der Waals surface area contributed by atoms with Crippen LogP contribution in [0.15, 0.2) is 24.3 Å². The van der Waals surface area contributed by atoms with Crippen LogP contribution in [-0.2, 0) is 16.0 Å². The lowest BCUT2D eigenvalue weighted by atomic mass is 10.1. The van der Waals surface area contributed by atoms with Crippen LogP contribution in [0.3, 0.4) is 0 Å². The Morgan fingerprint density at radius 3 is 2.68 bits per heavy atom. The molecule has 0 aliphatic carbocycles. The zero-order valence-electron chi connectivity index (χ0n) is 10.5. The number of nitrogens with one attached hydrogen (secondary N) is 1. The summed E-state index contributed by atoms with van der Waals surface area (Å²) in [5.41, 5.74) is 1.72. The zero-order chi connectivity index (χ0) is 13.7. The van der Waals surface area contributed by atoms with E-state index in [0.717, 1.165) is 5.56 Å². The highest BCUT2D eigenvalue weighted by molar-refractivity contribution is 8.00. The van der Waals surface area contributed by atoms with Crippen molar-refractivity contribution in [3.63, 3.8) is 0 Å². The lowest BCUT2D eigenvalue weighted by Gasteiger charge is -2.14. The van der Waals surface area contributed by atoms with Gasteiger partial charge < -0.3 is 15.3 Å². The number of aliphatic hydroxyl groups is 1. The van der Waals surface area contributed by atoms with Gasteiger partial charge in [0.15, 0.2) is 0 Å². The van der Waals surface area contributed by atoms with E-state index in [1.165, 1.54) is 11.8 Å². The van der Waals surface area contributed by atoms with Gasteiger partial charge in [0, 0.05) is 12.3 Å². The second-order valence-corrected chi connectivity index (χ2v) is 5.24. The van der Waals surface area contributed by atoms with E-state index >= 15 is 0 Å². The summed E-state index contributed by atoms with van der Waals surface area (Å²) in [6.07, 6.45) is 0.605. The fourth-order valence-corrected chi connectivity index (χ4v) is 2.70. The molecule has 2 rings (SSSR count). The molecule has 1 aliphatic heterocycles. The van der Waals surface area contributed by atoms with Crippen LogP contribution in [0.5, 0.6) is 0 Å². The van der Waals surface area contributed by atoms with Crippen LogP contribution in [0, 0.1) is 0 Å². The lowest BCUT2D eigenvalue weighted by Crippen LogP contribution is -2.34. The molecule has 1 aromatic rings. The number of carbonyl (C=O) groups is 2. The Kier molecular flexibility index (Phi) is 4.81. The average molecular weight is 280 g/mol. The molecule has 0 unspecified atom stereocenters. The second kappa shape index (κ2) is 6.58. The van der Waals surface area contributed by atoms with Crippen LogP contribution in [-0.4, -0.2) is 46.6 Å². The van der Waals surface area contributed by atoms with E-state index < -0.39 is 0 Å². The summed E-state index contributed by atoms with van der Waals surface area (Å²) >= 11 is 1.52. The van der Waals surface area contributed by atoms with Crippen LogP contribution in [0.4, 0.5) is 5.69 Å². The van der Waals surface area contributed by atoms with Crippen LogP contribution in [0.25, 0.3) is 0 Å². The molecule has 5 nitrogen and oxygen atoms in total. The number of thioether (sulfide) groups is 1. The highest BCUT2D eigenvalue weighted by Crippen LogP contribution is 2.15. The fourth-order valence-electron chi connectivity index (χ4n) is 1.80. The first-order valence-corrected chi connectivity index (χ1v) is 7.19. The monoisotopic (exact) mass is 280 g/mol. The topological polar surface area (TPSA) is 69.6 Å². The predicted octanol–water partition coefficient (Wildman–Crippen LogP) is 0.693. The number of carbonyl (C=O) groups excluding carboxylic acids is 2. The SMILES string of the molecule is O=C(CN1CSCC1=O)Nc1ccc(CCO)cc1. The quantitative estimate of drug-likeness (QED) is 0.833. The molecular weight excluding hydrogens is 264 g/mol. The number of anilines is 1. The number of rotatable bonds is 5. The smallest absolute Gasteiger partial charge is 0.244 e. The average Bonchev–Trinajstić information content (AvgIpc) is 2.78. The van der Waals surface area contributed by atoms with E-state index in [1.54, 1.807) is 17.0 Å². The van der Waals surface area contributed by atoms with Crippen LogP contribution in [0.2, 0.25) is 0 Å². The first-order valence-electron chi connectivity index (χ1n) is 6.04. The van der Waals surface area contributed by atoms with Crippen molar-refractivity contribution in [3.05, 3.63) is 29.8 Å². The Morgan fingerprint density at radius 1 is 1.37 bits per heavy atom. The normalized spacial score (nSPS) is 14.8. The highest BCUT2D eigenvalue weighted by atomic mass is 32.2. The number of hydrogen-bond donors (Lipinski definition) is 2. The molecule has 0 atom stereocenters. The van der Waals surface area contributed by atoms with Gasteiger partial charge >= 0.3 is 0 Å². The molecule has 1 aromatic carbocycles. The Balaban J connectivity index is 1.86. The second-order valence-electron chi connectivity index (χ2n) is 4.29. The third kappa shape index (κ3) is 3.97. The van der Waals surface area contributed by atoms with Gasteiger partial charge in [0.2, 0.25) is 11.8 Å². The molecule has 1 saturated heterocycles. The minimum atomic E-state index is -0.189. The van der Waals surface area contributed by atoms with E-state index in [9.17, 15) is 9.59 Å². The van der Waals surface area contributed by atoms with Gasteiger partial charge in [0.05, 0.1) is 11.6 Å². The zero-order valence-corrected chi connectivity index (χ0v) is 11.3. The minimum Gasteiger partial charge on any atom is -0.396 e. The lowest BCUT2D eigenvalue weighted by molar-refractivity contribution is -0.130. The van der Waals surface area contributed by atoms with Crippen LogP contribution in [0.1, 0.15) is 5.56 Å². The molecular formula is C13H16N2O3S. The Morgan fingerprint density at radius 2 is 2.11 bits per heavy atom. The highest BCUT2D eigenvalue weighted by Gasteiger charge is 2.22. The van der Waals surface area contributed by atoms with Gasteiger partial charge in [-0.1, -0.05) is 12.1 Å². The molecule has 2 amide bonds. The predicted molar refractivity (Wildman–Crippen MR) is 74.9 cm³/mol. The Labute approximate surface area is 116 Å². The summed E-state index contributed by atoms with van der Waals surface area (Å²) in [7, 11) is 0. The third-order valence-corrected chi connectivity index (χ3v) is 3.74. The van der Waals surface area contributed by atoms with Gasteiger partial charge in [-0.2, -0.15) is 0 Å². The number of benzene rings is 1. The van der Waals surface area contributed by atoms with Gasteiger partial charge in [-0.3, -0.25) is 9.59 Å².